The fourth-order valence-electron chi connectivity index (χ4n) is 2.12. The lowest BCUT2D eigenvalue weighted by atomic mass is 9.99. The summed E-state index contributed by atoms with van der Waals surface area (Å²) in [5.41, 5.74) is 0.828. The Morgan fingerprint density at radius 1 is 1.42 bits per heavy atom. The molecular weight excluding hydrogens is 264 g/mol. The van der Waals surface area contributed by atoms with Crippen molar-refractivity contribution >= 4 is 24.0 Å². The van der Waals surface area contributed by atoms with E-state index < -0.39 is 0 Å². The lowest BCUT2D eigenvalue weighted by molar-refractivity contribution is -0.120. The minimum Gasteiger partial charge on any atom is -0.494 e. The third-order valence-electron chi connectivity index (χ3n) is 3.10. The summed E-state index contributed by atoms with van der Waals surface area (Å²) in [6.45, 7) is 4.40. The molecule has 0 radical (unpaired) electrons. The minimum atomic E-state index is 0. The van der Waals surface area contributed by atoms with Crippen LogP contribution in [0.1, 0.15) is 19.8 Å². The molecule has 0 spiro atoms. The fourth-order valence-corrected chi connectivity index (χ4v) is 2.12. The number of carbonyl (C=O) groups is 1. The second-order valence-corrected chi connectivity index (χ2v) is 4.49. The summed E-state index contributed by atoms with van der Waals surface area (Å²) in [5.74, 6) is 1.02. The van der Waals surface area contributed by atoms with Crippen molar-refractivity contribution < 1.29 is 9.53 Å². The highest BCUT2D eigenvalue weighted by Gasteiger charge is 2.20. The maximum Gasteiger partial charge on any atom is 0.228 e. The number of piperidine rings is 1. The van der Waals surface area contributed by atoms with Crippen molar-refractivity contribution in [1.82, 2.24) is 5.32 Å². The first kappa shape index (κ1) is 15.8. The molecule has 1 aromatic rings. The summed E-state index contributed by atoms with van der Waals surface area (Å²) in [4.78, 5) is 12.0. The third-order valence-corrected chi connectivity index (χ3v) is 3.10. The Bertz CT molecular complexity index is 389. The monoisotopic (exact) mass is 284 g/mol. The normalized spacial score (nSPS) is 18.3. The molecule has 1 amide bonds. The summed E-state index contributed by atoms with van der Waals surface area (Å²) < 4.78 is 5.36. The fraction of sp³-hybridized carbons (Fsp3) is 0.500. The minimum absolute atomic E-state index is 0. The van der Waals surface area contributed by atoms with Gasteiger partial charge in [-0.15, -0.1) is 12.4 Å². The van der Waals surface area contributed by atoms with Crippen molar-refractivity contribution in [3.63, 3.8) is 0 Å². The Morgan fingerprint density at radius 2 is 2.16 bits per heavy atom. The molecule has 1 unspecified atom stereocenters. The van der Waals surface area contributed by atoms with E-state index in [1.165, 1.54) is 0 Å². The molecule has 4 nitrogen and oxygen atoms in total. The average molecular weight is 285 g/mol. The first-order valence-electron chi connectivity index (χ1n) is 6.54. The molecule has 1 aliphatic rings. The average Bonchev–Trinajstić information content (AvgIpc) is 2.42. The zero-order valence-electron chi connectivity index (χ0n) is 11.1. The van der Waals surface area contributed by atoms with Crippen LogP contribution in [0, 0.1) is 5.92 Å². The van der Waals surface area contributed by atoms with Crippen LogP contribution in [0.4, 0.5) is 5.69 Å². The lowest BCUT2D eigenvalue weighted by Gasteiger charge is -2.21. The van der Waals surface area contributed by atoms with Crippen LogP contribution < -0.4 is 15.4 Å². The van der Waals surface area contributed by atoms with Crippen molar-refractivity contribution in [2.24, 2.45) is 5.92 Å². The van der Waals surface area contributed by atoms with Crippen LogP contribution in [0.5, 0.6) is 5.75 Å². The molecular formula is C14H21ClN2O2. The number of anilines is 1. The van der Waals surface area contributed by atoms with Crippen LogP contribution in [0.15, 0.2) is 24.3 Å². The van der Waals surface area contributed by atoms with E-state index in [-0.39, 0.29) is 24.2 Å². The number of hydrogen-bond acceptors (Lipinski definition) is 3. The van der Waals surface area contributed by atoms with E-state index in [1.807, 2.05) is 31.2 Å². The van der Waals surface area contributed by atoms with Gasteiger partial charge >= 0.3 is 0 Å². The van der Waals surface area contributed by atoms with E-state index in [2.05, 4.69) is 10.6 Å². The molecule has 1 fully saturated rings. The second-order valence-electron chi connectivity index (χ2n) is 4.49. The predicted molar refractivity (Wildman–Crippen MR) is 79.1 cm³/mol. The van der Waals surface area contributed by atoms with Gasteiger partial charge in [-0.05, 0) is 50.6 Å². The zero-order valence-corrected chi connectivity index (χ0v) is 12.0. The Morgan fingerprint density at radius 3 is 2.74 bits per heavy atom. The maximum atomic E-state index is 12.0. The molecule has 1 saturated heterocycles. The van der Waals surface area contributed by atoms with Gasteiger partial charge in [-0.3, -0.25) is 4.79 Å². The molecule has 0 saturated carbocycles. The molecule has 19 heavy (non-hydrogen) atoms. The van der Waals surface area contributed by atoms with Crippen molar-refractivity contribution in [3.05, 3.63) is 24.3 Å². The summed E-state index contributed by atoms with van der Waals surface area (Å²) in [6.07, 6.45) is 2.04. The zero-order chi connectivity index (χ0) is 12.8. The highest BCUT2D eigenvalue weighted by atomic mass is 35.5. The molecule has 1 aliphatic heterocycles. The number of ether oxygens (including phenoxy) is 1. The van der Waals surface area contributed by atoms with Gasteiger partial charge in [0.15, 0.2) is 0 Å². The number of nitrogens with one attached hydrogen (secondary N) is 2. The Labute approximate surface area is 120 Å². The number of carbonyl (C=O) groups excluding carboxylic acids is 1. The van der Waals surface area contributed by atoms with Crippen LogP contribution in [-0.4, -0.2) is 25.6 Å². The quantitative estimate of drug-likeness (QED) is 0.893. The number of benzene rings is 1. The molecule has 1 atom stereocenters. The molecule has 0 aliphatic carbocycles. The van der Waals surface area contributed by atoms with E-state index >= 15 is 0 Å². The molecule has 1 aromatic carbocycles. The van der Waals surface area contributed by atoms with Gasteiger partial charge in [0.1, 0.15) is 5.75 Å². The summed E-state index contributed by atoms with van der Waals surface area (Å²) in [7, 11) is 0. The number of amides is 1. The highest BCUT2D eigenvalue weighted by molar-refractivity contribution is 5.92. The molecule has 106 valence electrons. The molecule has 0 aromatic heterocycles. The Hall–Kier alpha value is -1.26. The van der Waals surface area contributed by atoms with Crippen LogP contribution >= 0.6 is 12.4 Å². The first-order valence-corrected chi connectivity index (χ1v) is 6.54. The van der Waals surface area contributed by atoms with Crippen LogP contribution in [0.2, 0.25) is 0 Å². The van der Waals surface area contributed by atoms with Crippen molar-refractivity contribution in [1.29, 1.82) is 0 Å². The maximum absolute atomic E-state index is 12.0. The third kappa shape index (κ3) is 4.73. The molecule has 1 heterocycles. The van der Waals surface area contributed by atoms with Crippen molar-refractivity contribution in [3.8, 4) is 5.75 Å². The van der Waals surface area contributed by atoms with E-state index in [0.29, 0.717) is 6.61 Å². The molecule has 2 rings (SSSR count). The van der Waals surface area contributed by atoms with Crippen molar-refractivity contribution in [2.75, 3.05) is 25.0 Å². The van der Waals surface area contributed by atoms with Crippen LogP contribution in [-0.2, 0) is 4.79 Å². The van der Waals surface area contributed by atoms with Gasteiger partial charge in [-0.2, -0.15) is 0 Å². The summed E-state index contributed by atoms with van der Waals surface area (Å²) in [5, 5.41) is 6.19. The standard InChI is InChI=1S/C14H20N2O2.ClH/c1-2-18-13-7-5-12(6-8-13)16-14(17)11-4-3-9-15-10-11;/h5-8,11,15H,2-4,9-10H2,1H3,(H,16,17);1H. The predicted octanol–water partition coefficient (Wildman–Crippen LogP) is 2.45. The largest absolute Gasteiger partial charge is 0.494 e. The van der Waals surface area contributed by atoms with Gasteiger partial charge < -0.3 is 15.4 Å². The van der Waals surface area contributed by atoms with Crippen molar-refractivity contribution in [2.45, 2.75) is 19.8 Å². The second kappa shape index (κ2) is 8.02. The molecule has 2 N–H and O–H groups in total. The number of halogens is 1. The molecule has 5 heteroatoms. The van der Waals surface area contributed by atoms with Gasteiger partial charge in [0, 0.05) is 12.2 Å². The van der Waals surface area contributed by atoms with Gasteiger partial charge in [0.25, 0.3) is 0 Å². The van der Waals surface area contributed by atoms with E-state index in [0.717, 1.165) is 37.4 Å². The Kier molecular flexibility index (Phi) is 6.67. The summed E-state index contributed by atoms with van der Waals surface area (Å²) >= 11 is 0. The SMILES string of the molecule is CCOc1ccc(NC(=O)C2CCCNC2)cc1.Cl. The first-order chi connectivity index (χ1) is 8.79. The van der Waals surface area contributed by atoms with Crippen LogP contribution in [0.3, 0.4) is 0 Å². The smallest absolute Gasteiger partial charge is 0.228 e. The molecule has 0 bridgehead atoms. The van der Waals surface area contributed by atoms with E-state index in [1.54, 1.807) is 0 Å². The summed E-state index contributed by atoms with van der Waals surface area (Å²) in [6, 6.07) is 7.49. The van der Waals surface area contributed by atoms with Crippen LogP contribution in [0.25, 0.3) is 0 Å². The van der Waals surface area contributed by atoms with Gasteiger partial charge in [-0.25, -0.2) is 0 Å². The number of rotatable bonds is 4. The highest BCUT2D eigenvalue weighted by Crippen LogP contribution is 2.18. The van der Waals surface area contributed by atoms with E-state index in [9.17, 15) is 4.79 Å². The van der Waals surface area contributed by atoms with Gasteiger partial charge in [0.05, 0.1) is 12.5 Å². The van der Waals surface area contributed by atoms with Gasteiger partial charge in [0.2, 0.25) is 5.91 Å². The lowest BCUT2D eigenvalue weighted by Crippen LogP contribution is -2.37. The van der Waals surface area contributed by atoms with Gasteiger partial charge in [-0.1, -0.05) is 0 Å². The Balaban J connectivity index is 0.00000180. The van der Waals surface area contributed by atoms with E-state index in [4.69, 9.17) is 4.74 Å². The topological polar surface area (TPSA) is 50.4 Å². The number of hydrogen-bond donors (Lipinski definition) is 2.